The number of nitrogens with one attached hydrogen (secondary N) is 3. The Labute approximate surface area is 190 Å². The van der Waals surface area contributed by atoms with Gasteiger partial charge in [0.25, 0.3) is 5.91 Å². The first-order valence-electron chi connectivity index (χ1n) is 10.3. The van der Waals surface area contributed by atoms with Gasteiger partial charge in [0, 0.05) is 43.4 Å². The van der Waals surface area contributed by atoms with E-state index in [2.05, 4.69) is 31.2 Å². The minimum atomic E-state index is -0.352. The number of urea groups is 1. The molecule has 0 aliphatic carbocycles. The van der Waals surface area contributed by atoms with E-state index in [1.54, 1.807) is 47.5 Å². The van der Waals surface area contributed by atoms with Crippen molar-refractivity contribution < 1.29 is 14.1 Å². The topological polar surface area (TPSA) is 127 Å². The molecular formula is C23H23N7O3. The van der Waals surface area contributed by atoms with Crippen molar-refractivity contribution in [1.29, 1.82) is 0 Å². The van der Waals surface area contributed by atoms with Crippen molar-refractivity contribution >= 4 is 17.6 Å². The summed E-state index contributed by atoms with van der Waals surface area (Å²) < 4.78 is 6.95. The van der Waals surface area contributed by atoms with E-state index in [0.29, 0.717) is 24.5 Å². The molecule has 10 heteroatoms. The molecule has 0 saturated carbocycles. The number of hydrogen-bond donors (Lipinski definition) is 3. The predicted molar refractivity (Wildman–Crippen MR) is 120 cm³/mol. The molecule has 4 aromatic rings. The van der Waals surface area contributed by atoms with Gasteiger partial charge in [-0.05, 0) is 47.9 Å². The summed E-state index contributed by atoms with van der Waals surface area (Å²) in [5.41, 5.74) is 3.62. The fourth-order valence-electron chi connectivity index (χ4n) is 3.10. The monoisotopic (exact) mass is 445 g/mol. The zero-order valence-electron chi connectivity index (χ0n) is 18.0. The second kappa shape index (κ2) is 10.2. The summed E-state index contributed by atoms with van der Waals surface area (Å²) in [6.45, 7) is 3.00. The van der Waals surface area contributed by atoms with E-state index in [1.807, 2.05) is 31.3 Å². The quantitative estimate of drug-likeness (QED) is 0.383. The summed E-state index contributed by atoms with van der Waals surface area (Å²) in [7, 11) is 0. The number of pyridine rings is 1. The van der Waals surface area contributed by atoms with Crippen molar-refractivity contribution in [1.82, 2.24) is 30.6 Å². The molecule has 0 atom stereocenters. The Hall–Kier alpha value is -4.47. The predicted octanol–water partition coefficient (Wildman–Crippen LogP) is 2.87. The highest BCUT2D eigenvalue weighted by atomic mass is 16.5. The molecule has 0 fully saturated rings. The number of amides is 3. The first-order chi connectivity index (χ1) is 16.0. The van der Waals surface area contributed by atoms with E-state index >= 15 is 0 Å². The zero-order valence-corrected chi connectivity index (χ0v) is 18.0. The molecule has 3 N–H and O–H groups in total. The van der Waals surface area contributed by atoms with Crippen LogP contribution < -0.4 is 16.0 Å². The van der Waals surface area contributed by atoms with Crippen LogP contribution in [0.1, 0.15) is 32.9 Å². The Morgan fingerprint density at radius 1 is 1.03 bits per heavy atom. The number of aromatic nitrogens is 4. The van der Waals surface area contributed by atoms with Crippen LogP contribution in [0, 0.1) is 6.92 Å². The van der Waals surface area contributed by atoms with Crippen LogP contribution in [-0.4, -0.2) is 31.9 Å². The minimum absolute atomic E-state index is 0.193. The van der Waals surface area contributed by atoms with Gasteiger partial charge in [0.15, 0.2) is 11.5 Å². The molecular weight excluding hydrogens is 422 g/mol. The standard InChI is InChI=1S/C23H23N7O3/c1-16-11-27-30(14-16)15-20-10-21(29-33-20)22(31)25-13-18-3-2-4-19(9-18)28-23(32)26-12-17-5-7-24-8-6-17/h2-11,14H,12-13,15H2,1H3,(H,25,31)(H2,26,28,32). The highest BCUT2D eigenvalue weighted by molar-refractivity contribution is 5.92. The number of carbonyl (C=O) groups excluding carboxylic acids is 2. The van der Waals surface area contributed by atoms with E-state index in [9.17, 15) is 9.59 Å². The second-order valence-electron chi connectivity index (χ2n) is 7.44. The third-order valence-corrected chi connectivity index (χ3v) is 4.71. The van der Waals surface area contributed by atoms with Crippen molar-refractivity contribution in [2.75, 3.05) is 5.32 Å². The van der Waals surface area contributed by atoms with Crippen molar-refractivity contribution in [3.05, 3.63) is 95.4 Å². The lowest BCUT2D eigenvalue weighted by atomic mass is 10.2. The molecule has 3 aromatic heterocycles. The number of carbonyl (C=O) groups is 2. The first-order valence-corrected chi connectivity index (χ1v) is 10.3. The summed E-state index contributed by atoms with van der Waals surface area (Å²) in [4.78, 5) is 28.5. The number of aryl methyl sites for hydroxylation is 1. The summed E-state index contributed by atoms with van der Waals surface area (Å²) in [5, 5.41) is 16.4. The highest BCUT2D eigenvalue weighted by Crippen LogP contribution is 2.12. The van der Waals surface area contributed by atoms with Crippen LogP contribution in [0.2, 0.25) is 0 Å². The van der Waals surface area contributed by atoms with Crippen LogP contribution >= 0.6 is 0 Å². The highest BCUT2D eigenvalue weighted by Gasteiger charge is 2.13. The molecule has 0 spiro atoms. The van der Waals surface area contributed by atoms with Gasteiger partial charge in [0.2, 0.25) is 0 Å². The Bertz CT molecular complexity index is 1230. The fourth-order valence-corrected chi connectivity index (χ4v) is 3.10. The molecule has 0 bridgehead atoms. The Balaban J connectivity index is 1.27. The molecule has 0 unspecified atom stereocenters. The normalized spacial score (nSPS) is 10.6. The van der Waals surface area contributed by atoms with Crippen LogP contribution in [0.15, 0.2) is 71.8 Å². The van der Waals surface area contributed by atoms with E-state index in [1.165, 1.54) is 0 Å². The smallest absolute Gasteiger partial charge is 0.319 e. The fraction of sp³-hybridized carbons (Fsp3) is 0.174. The number of anilines is 1. The molecule has 0 radical (unpaired) electrons. The third kappa shape index (κ3) is 6.26. The van der Waals surface area contributed by atoms with Gasteiger partial charge in [-0.25, -0.2) is 4.79 Å². The molecule has 0 aliphatic rings. The number of rotatable bonds is 8. The van der Waals surface area contributed by atoms with Crippen molar-refractivity contribution in [2.45, 2.75) is 26.6 Å². The van der Waals surface area contributed by atoms with Gasteiger partial charge in [-0.2, -0.15) is 5.10 Å². The summed E-state index contributed by atoms with van der Waals surface area (Å²) in [6, 6.07) is 12.2. The maximum Gasteiger partial charge on any atom is 0.319 e. The molecule has 0 aliphatic heterocycles. The number of hydrogen-bond acceptors (Lipinski definition) is 6. The van der Waals surface area contributed by atoms with Gasteiger partial charge in [-0.1, -0.05) is 17.3 Å². The average molecular weight is 445 g/mol. The number of nitrogens with zero attached hydrogens (tertiary/aromatic N) is 4. The van der Waals surface area contributed by atoms with E-state index in [-0.39, 0.29) is 24.2 Å². The van der Waals surface area contributed by atoms with Gasteiger partial charge in [-0.15, -0.1) is 0 Å². The maximum absolute atomic E-state index is 12.4. The molecule has 1 aromatic carbocycles. The molecule has 4 rings (SSSR count). The van der Waals surface area contributed by atoms with Crippen molar-refractivity contribution in [3.63, 3.8) is 0 Å². The first kappa shape index (κ1) is 21.8. The Morgan fingerprint density at radius 2 is 1.85 bits per heavy atom. The van der Waals surface area contributed by atoms with Crippen LogP contribution in [0.5, 0.6) is 0 Å². The summed E-state index contributed by atoms with van der Waals surface area (Å²) in [5.74, 6) is 0.183. The lowest BCUT2D eigenvalue weighted by molar-refractivity contribution is 0.0941. The molecule has 168 valence electrons. The van der Waals surface area contributed by atoms with Gasteiger partial charge < -0.3 is 20.5 Å². The Morgan fingerprint density at radius 3 is 2.64 bits per heavy atom. The van der Waals surface area contributed by atoms with E-state index in [0.717, 1.165) is 16.7 Å². The van der Waals surface area contributed by atoms with Crippen LogP contribution in [0.3, 0.4) is 0 Å². The summed E-state index contributed by atoms with van der Waals surface area (Å²) >= 11 is 0. The van der Waals surface area contributed by atoms with Crippen molar-refractivity contribution in [2.24, 2.45) is 0 Å². The molecule has 33 heavy (non-hydrogen) atoms. The summed E-state index contributed by atoms with van der Waals surface area (Å²) in [6.07, 6.45) is 6.97. The molecule has 3 heterocycles. The van der Waals surface area contributed by atoms with E-state index < -0.39 is 0 Å². The SMILES string of the molecule is Cc1cnn(Cc2cc(C(=O)NCc3cccc(NC(=O)NCc4ccncc4)c3)no2)c1. The van der Waals surface area contributed by atoms with Gasteiger partial charge in [0.05, 0.1) is 6.20 Å². The maximum atomic E-state index is 12.4. The van der Waals surface area contributed by atoms with E-state index in [4.69, 9.17) is 4.52 Å². The lowest BCUT2D eigenvalue weighted by Crippen LogP contribution is -2.28. The van der Waals surface area contributed by atoms with Crippen LogP contribution in [-0.2, 0) is 19.6 Å². The largest absolute Gasteiger partial charge is 0.359 e. The van der Waals surface area contributed by atoms with Gasteiger partial charge in [0.1, 0.15) is 6.54 Å². The molecule has 0 saturated heterocycles. The number of benzene rings is 1. The van der Waals surface area contributed by atoms with Crippen LogP contribution in [0.25, 0.3) is 0 Å². The molecule has 3 amide bonds. The third-order valence-electron chi connectivity index (χ3n) is 4.71. The van der Waals surface area contributed by atoms with Gasteiger partial charge >= 0.3 is 6.03 Å². The average Bonchev–Trinajstić information content (AvgIpc) is 3.46. The lowest BCUT2D eigenvalue weighted by Gasteiger charge is -2.09. The molecule has 10 nitrogen and oxygen atoms in total. The van der Waals surface area contributed by atoms with Crippen LogP contribution in [0.4, 0.5) is 10.5 Å². The zero-order chi connectivity index (χ0) is 23.0. The van der Waals surface area contributed by atoms with Gasteiger partial charge in [-0.3, -0.25) is 14.5 Å². The second-order valence-corrected chi connectivity index (χ2v) is 7.44. The van der Waals surface area contributed by atoms with Crippen molar-refractivity contribution in [3.8, 4) is 0 Å². The minimum Gasteiger partial charge on any atom is -0.359 e. The Kier molecular flexibility index (Phi) is 6.74.